The molecule has 1 aliphatic heterocycles. The highest BCUT2D eigenvalue weighted by molar-refractivity contribution is 6.46. The third-order valence-corrected chi connectivity index (χ3v) is 8.55. The number of hydrogen-bond donors (Lipinski definition) is 1. The Hall–Kier alpha value is -3.14. The first-order chi connectivity index (χ1) is 20.4. The van der Waals surface area contributed by atoms with Crippen LogP contribution in [0.4, 0.5) is 5.69 Å². The van der Waals surface area contributed by atoms with Crippen molar-refractivity contribution in [3.05, 3.63) is 41.0 Å². The standard InChI is InChI=1S/C35H55N5O2/c1-7-13-16-27(10-4)24-40(25-28(11-5)17-14-8-2)34(41)29-19-21-31(22-20-29)37-38-33-32(18-15-9-3)30(23-36)26-39(12-6)35(33)42/h19-22,27-28,37H,7-18,24-26H2,1-6H3. The minimum Gasteiger partial charge on any atom is -0.338 e. The smallest absolute Gasteiger partial charge is 0.274 e. The molecule has 7 nitrogen and oxygen atoms in total. The average molecular weight is 578 g/mol. The van der Waals surface area contributed by atoms with Crippen molar-refractivity contribution >= 4 is 23.2 Å². The Morgan fingerprint density at radius 3 is 2.00 bits per heavy atom. The van der Waals surface area contributed by atoms with Crippen LogP contribution in [0.5, 0.6) is 0 Å². The highest BCUT2D eigenvalue weighted by Gasteiger charge is 2.31. The van der Waals surface area contributed by atoms with Crippen LogP contribution in [0.25, 0.3) is 0 Å². The third kappa shape index (κ3) is 10.3. The molecule has 1 N–H and O–H groups in total. The molecule has 2 atom stereocenters. The first-order valence-corrected chi connectivity index (χ1v) is 16.5. The maximum absolute atomic E-state index is 13.8. The third-order valence-electron chi connectivity index (χ3n) is 8.55. The van der Waals surface area contributed by atoms with Gasteiger partial charge in [0.2, 0.25) is 0 Å². The van der Waals surface area contributed by atoms with Gasteiger partial charge in [-0.1, -0.05) is 79.6 Å². The monoisotopic (exact) mass is 577 g/mol. The number of benzene rings is 1. The van der Waals surface area contributed by atoms with Gasteiger partial charge in [0, 0.05) is 30.8 Å². The molecule has 232 valence electrons. The second-order valence-electron chi connectivity index (χ2n) is 11.7. The van der Waals surface area contributed by atoms with E-state index < -0.39 is 0 Å². The number of amides is 2. The molecule has 0 radical (unpaired) electrons. The first-order valence-electron chi connectivity index (χ1n) is 16.5. The van der Waals surface area contributed by atoms with Crippen LogP contribution in [0.2, 0.25) is 0 Å². The lowest BCUT2D eigenvalue weighted by Crippen LogP contribution is -2.43. The number of unbranched alkanes of at least 4 members (excludes halogenated alkanes) is 3. The Bertz CT molecular complexity index is 1070. The van der Waals surface area contributed by atoms with E-state index >= 15 is 0 Å². The van der Waals surface area contributed by atoms with Crippen LogP contribution in [-0.4, -0.2) is 53.5 Å². The fourth-order valence-electron chi connectivity index (χ4n) is 5.56. The molecular formula is C35H55N5O2. The van der Waals surface area contributed by atoms with Crippen LogP contribution >= 0.6 is 0 Å². The van der Waals surface area contributed by atoms with Gasteiger partial charge in [-0.3, -0.25) is 15.0 Å². The highest BCUT2D eigenvalue weighted by Crippen LogP contribution is 2.24. The molecule has 0 saturated heterocycles. The molecule has 0 bridgehead atoms. The Morgan fingerprint density at radius 1 is 0.952 bits per heavy atom. The second kappa shape index (κ2) is 19.1. The lowest BCUT2D eigenvalue weighted by molar-refractivity contribution is -0.123. The van der Waals surface area contributed by atoms with E-state index in [9.17, 15) is 14.9 Å². The minimum atomic E-state index is -0.153. The number of rotatable bonds is 19. The van der Waals surface area contributed by atoms with Gasteiger partial charge >= 0.3 is 0 Å². The maximum atomic E-state index is 13.8. The fourth-order valence-corrected chi connectivity index (χ4v) is 5.56. The molecule has 7 heteroatoms. The Kier molecular flexibility index (Phi) is 16.0. The number of nitriles is 1. The van der Waals surface area contributed by atoms with Crippen LogP contribution in [0.15, 0.2) is 40.5 Å². The number of carbonyl (C=O) groups is 2. The molecule has 0 saturated carbocycles. The highest BCUT2D eigenvalue weighted by atomic mass is 16.2. The molecule has 2 rings (SSSR count). The number of hydrogen-bond acceptors (Lipinski definition) is 5. The molecule has 1 aromatic carbocycles. The van der Waals surface area contributed by atoms with Gasteiger partial charge in [-0.2, -0.15) is 10.4 Å². The SMILES string of the molecule is CCCCC1=C(C#N)CN(CC)C(=O)C1=NNc1ccc(C(=O)N(CC(CC)CCCC)CC(CC)CCCC)cc1. The van der Waals surface area contributed by atoms with E-state index in [1.165, 1.54) is 25.7 Å². The Labute approximate surface area is 255 Å². The number of anilines is 1. The number of carbonyl (C=O) groups excluding carboxylic acids is 2. The zero-order valence-corrected chi connectivity index (χ0v) is 27.2. The minimum absolute atomic E-state index is 0.0854. The summed E-state index contributed by atoms with van der Waals surface area (Å²) < 4.78 is 0. The maximum Gasteiger partial charge on any atom is 0.274 e. The van der Waals surface area contributed by atoms with Crippen molar-refractivity contribution in [2.45, 2.75) is 112 Å². The largest absolute Gasteiger partial charge is 0.338 e. The second-order valence-corrected chi connectivity index (χ2v) is 11.7. The summed E-state index contributed by atoms with van der Waals surface area (Å²) in [5.74, 6) is 0.957. The van der Waals surface area contributed by atoms with Gasteiger partial charge in [0.15, 0.2) is 5.71 Å². The topological polar surface area (TPSA) is 88.8 Å². The van der Waals surface area contributed by atoms with Crippen LogP contribution in [0.3, 0.4) is 0 Å². The van der Waals surface area contributed by atoms with Gasteiger partial charge in [-0.15, -0.1) is 0 Å². The predicted octanol–water partition coefficient (Wildman–Crippen LogP) is 8.20. The summed E-state index contributed by atoms with van der Waals surface area (Å²) in [5.41, 5.74) is 6.07. The van der Waals surface area contributed by atoms with Gasteiger partial charge < -0.3 is 9.80 Å². The summed E-state index contributed by atoms with van der Waals surface area (Å²) in [6, 6.07) is 9.71. The molecule has 0 aromatic heterocycles. The van der Waals surface area contributed by atoms with Crippen molar-refractivity contribution in [3.8, 4) is 6.07 Å². The normalized spacial score (nSPS) is 16.0. The average Bonchev–Trinajstić information content (AvgIpc) is 3.02. The van der Waals surface area contributed by atoms with Crippen molar-refractivity contribution in [2.24, 2.45) is 16.9 Å². The molecule has 1 heterocycles. The zero-order chi connectivity index (χ0) is 30.9. The summed E-state index contributed by atoms with van der Waals surface area (Å²) in [5, 5.41) is 14.3. The van der Waals surface area contributed by atoms with E-state index in [0.29, 0.717) is 53.9 Å². The molecule has 1 aromatic rings. The molecule has 0 aliphatic carbocycles. The first kappa shape index (κ1) is 35.1. The van der Waals surface area contributed by atoms with Crippen molar-refractivity contribution < 1.29 is 9.59 Å². The molecule has 0 fully saturated rings. The zero-order valence-electron chi connectivity index (χ0n) is 27.2. The summed E-state index contributed by atoms with van der Waals surface area (Å²) in [6.45, 7) is 15.4. The van der Waals surface area contributed by atoms with Gasteiger partial charge in [0.05, 0.1) is 23.9 Å². The van der Waals surface area contributed by atoms with Crippen LogP contribution in [-0.2, 0) is 4.79 Å². The van der Waals surface area contributed by atoms with Crippen molar-refractivity contribution in [2.75, 3.05) is 31.6 Å². The quantitative estimate of drug-likeness (QED) is 0.168. The molecule has 42 heavy (non-hydrogen) atoms. The number of likely N-dealkylation sites (N-methyl/N-ethyl adjacent to an activating group) is 1. The fraction of sp³-hybridized carbons (Fsp3) is 0.657. The van der Waals surface area contributed by atoms with Crippen molar-refractivity contribution in [3.63, 3.8) is 0 Å². The van der Waals surface area contributed by atoms with Gasteiger partial charge in [-0.05, 0) is 68.7 Å². The number of hydrazone groups is 1. The summed E-state index contributed by atoms with van der Waals surface area (Å²) in [7, 11) is 0. The Balaban J connectivity index is 2.28. The van der Waals surface area contributed by atoms with Gasteiger partial charge in [0.25, 0.3) is 11.8 Å². The predicted molar refractivity (Wildman–Crippen MR) is 174 cm³/mol. The van der Waals surface area contributed by atoms with Crippen molar-refractivity contribution in [1.29, 1.82) is 5.26 Å². The van der Waals surface area contributed by atoms with Crippen LogP contribution in [0, 0.1) is 23.2 Å². The summed E-state index contributed by atoms with van der Waals surface area (Å²) in [6.07, 6.45) is 11.7. The summed E-state index contributed by atoms with van der Waals surface area (Å²) >= 11 is 0. The van der Waals surface area contributed by atoms with E-state index in [4.69, 9.17) is 0 Å². The van der Waals surface area contributed by atoms with E-state index in [-0.39, 0.29) is 11.8 Å². The Morgan fingerprint density at radius 2 is 1.52 bits per heavy atom. The van der Waals surface area contributed by atoms with Crippen molar-refractivity contribution in [1.82, 2.24) is 9.80 Å². The van der Waals surface area contributed by atoms with Crippen LogP contribution < -0.4 is 5.43 Å². The molecule has 2 unspecified atom stereocenters. The van der Waals surface area contributed by atoms with E-state index in [1.54, 1.807) is 4.90 Å². The van der Waals surface area contributed by atoms with Crippen LogP contribution in [0.1, 0.15) is 123 Å². The lowest BCUT2D eigenvalue weighted by atomic mass is 9.93. The van der Waals surface area contributed by atoms with E-state index in [2.05, 4.69) is 56.1 Å². The van der Waals surface area contributed by atoms with E-state index in [1.807, 2.05) is 31.2 Å². The lowest BCUT2D eigenvalue weighted by Gasteiger charge is -2.31. The molecular weight excluding hydrogens is 522 g/mol. The summed E-state index contributed by atoms with van der Waals surface area (Å²) in [4.78, 5) is 30.7. The number of nitrogens with zero attached hydrogens (tertiary/aromatic N) is 4. The molecule has 2 amide bonds. The number of nitrogens with one attached hydrogen (secondary N) is 1. The van der Waals surface area contributed by atoms with E-state index in [0.717, 1.165) is 57.2 Å². The van der Waals surface area contributed by atoms with Gasteiger partial charge in [0.1, 0.15) is 0 Å². The van der Waals surface area contributed by atoms with Gasteiger partial charge in [-0.25, -0.2) is 0 Å². The molecule has 1 aliphatic rings. The molecule has 0 spiro atoms.